The van der Waals surface area contributed by atoms with E-state index in [1.807, 2.05) is 23.5 Å². The van der Waals surface area contributed by atoms with Crippen molar-refractivity contribution < 1.29 is 0 Å². The van der Waals surface area contributed by atoms with Crippen molar-refractivity contribution in [2.24, 2.45) is 0 Å². The number of rotatable bonds is 9. The van der Waals surface area contributed by atoms with Gasteiger partial charge in [0.1, 0.15) is 0 Å². The normalized spacial score (nSPS) is 13.0. The minimum absolute atomic E-state index is 0.870. The SMILES string of the molecule is C=C/C(Cc1cc(/C(C=C(C)C)=C(/C=C)c2ccc3sc4ccccc4c3c2)ccc1C)=C(\C=C/C)CC. The Morgan fingerprint density at radius 2 is 1.53 bits per heavy atom. The number of thiophene rings is 1. The number of allylic oxidation sites excluding steroid dienone is 10. The molecule has 38 heavy (non-hydrogen) atoms. The predicted octanol–water partition coefficient (Wildman–Crippen LogP) is 11.4. The van der Waals surface area contributed by atoms with Crippen LogP contribution >= 0.6 is 11.3 Å². The number of fused-ring (bicyclic) bond motifs is 3. The number of benzene rings is 3. The summed E-state index contributed by atoms with van der Waals surface area (Å²) in [5.74, 6) is 0. The molecule has 1 heteroatoms. The van der Waals surface area contributed by atoms with E-state index in [-0.39, 0.29) is 0 Å². The van der Waals surface area contributed by atoms with Crippen molar-refractivity contribution in [1.29, 1.82) is 0 Å². The molecule has 0 aliphatic rings. The second-order valence-corrected chi connectivity index (χ2v) is 11.1. The molecule has 0 aliphatic heterocycles. The third-order valence-corrected chi connectivity index (χ3v) is 8.22. The second-order valence-electron chi connectivity index (χ2n) is 9.99. The van der Waals surface area contributed by atoms with E-state index in [9.17, 15) is 0 Å². The van der Waals surface area contributed by atoms with Gasteiger partial charge in [-0.15, -0.1) is 11.3 Å². The van der Waals surface area contributed by atoms with Gasteiger partial charge in [-0.25, -0.2) is 0 Å². The first kappa shape index (κ1) is 27.4. The maximum atomic E-state index is 4.26. The van der Waals surface area contributed by atoms with Crippen molar-refractivity contribution in [3.05, 3.63) is 143 Å². The zero-order valence-corrected chi connectivity index (χ0v) is 24.2. The highest BCUT2D eigenvalue weighted by atomic mass is 32.1. The van der Waals surface area contributed by atoms with Crippen LogP contribution in [-0.4, -0.2) is 0 Å². The van der Waals surface area contributed by atoms with Crippen molar-refractivity contribution in [1.82, 2.24) is 0 Å². The van der Waals surface area contributed by atoms with Crippen LogP contribution in [0.25, 0.3) is 31.3 Å². The molecule has 4 rings (SSSR count). The first-order valence-electron chi connectivity index (χ1n) is 13.4. The summed E-state index contributed by atoms with van der Waals surface area (Å²) in [6.07, 6.45) is 12.5. The van der Waals surface area contributed by atoms with Gasteiger partial charge < -0.3 is 0 Å². The van der Waals surface area contributed by atoms with Gasteiger partial charge in [-0.2, -0.15) is 0 Å². The molecule has 3 aromatic carbocycles. The number of hydrogen-bond donors (Lipinski definition) is 0. The Bertz CT molecular complexity index is 1620. The quantitative estimate of drug-likeness (QED) is 0.154. The van der Waals surface area contributed by atoms with E-state index in [0.29, 0.717) is 0 Å². The van der Waals surface area contributed by atoms with Crippen LogP contribution in [0.3, 0.4) is 0 Å². The Balaban J connectivity index is 1.90. The summed E-state index contributed by atoms with van der Waals surface area (Å²) in [5, 5.41) is 2.62. The lowest BCUT2D eigenvalue weighted by molar-refractivity contribution is 1.06. The molecule has 0 atom stereocenters. The highest BCUT2D eigenvalue weighted by Crippen LogP contribution is 2.38. The Labute approximate surface area is 232 Å². The Morgan fingerprint density at radius 1 is 0.816 bits per heavy atom. The molecular formula is C37H38S. The monoisotopic (exact) mass is 514 g/mol. The molecule has 0 amide bonds. The first-order valence-corrected chi connectivity index (χ1v) is 14.2. The van der Waals surface area contributed by atoms with Crippen molar-refractivity contribution >= 4 is 42.7 Å². The molecule has 1 aromatic heterocycles. The lowest BCUT2D eigenvalue weighted by Gasteiger charge is -2.16. The summed E-state index contributed by atoms with van der Waals surface area (Å²) in [7, 11) is 0. The molecule has 0 saturated carbocycles. The molecule has 0 saturated heterocycles. The summed E-state index contributed by atoms with van der Waals surface area (Å²) in [5.41, 5.74) is 11.3. The van der Waals surface area contributed by atoms with Gasteiger partial charge in [0, 0.05) is 20.2 Å². The summed E-state index contributed by atoms with van der Waals surface area (Å²) >= 11 is 1.85. The van der Waals surface area contributed by atoms with E-state index in [4.69, 9.17) is 0 Å². The summed E-state index contributed by atoms with van der Waals surface area (Å²) in [6.45, 7) is 19.2. The lowest BCUT2D eigenvalue weighted by Crippen LogP contribution is -1.98. The molecule has 0 radical (unpaired) electrons. The molecule has 192 valence electrons. The standard InChI is InChI=1S/C37H38S/c1-8-14-27(9-2)28(10-3)22-31-23-29(18-17-26(31)7)34(21-25(5)6)32(11-4)30-19-20-37-35(24-30)33-15-12-13-16-36(33)38-37/h8,10-21,23-24H,3-4,9,22H2,1-2,5-7H3/b14-8-,28-27+,34-32-. The average molecular weight is 515 g/mol. The first-order chi connectivity index (χ1) is 18.4. The van der Waals surface area contributed by atoms with Crippen LogP contribution in [0.15, 0.2) is 121 Å². The van der Waals surface area contributed by atoms with Crippen LogP contribution < -0.4 is 0 Å². The molecule has 0 N–H and O–H groups in total. The fourth-order valence-corrected chi connectivity index (χ4v) is 6.17. The maximum Gasteiger partial charge on any atom is 0.0355 e. The average Bonchev–Trinajstić information content (AvgIpc) is 3.29. The van der Waals surface area contributed by atoms with Crippen LogP contribution in [0.1, 0.15) is 56.4 Å². The maximum absolute atomic E-state index is 4.26. The third-order valence-electron chi connectivity index (χ3n) is 7.06. The van der Waals surface area contributed by atoms with Crippen molar-refractivity contribution in [2.45, 2.75) is 47.5 Å². The van der Waals surface area contributed by atoms with Crippen molar-refractivity contribution in [2.75, 3.05) is 0 Å². The zero-order chi connectivity index (χ0) is 27.2. The lowest BCUT2D eigenvalue weighted by atomic mass is 9.89. The van der Waals surface area contributed by atoms with E-state index in [1.165, 1.54) is 64.7 Å². The van der Waals surface area contributed by atoms with Gasteiger partial charge in [0.2, 0.25) is 0 Å². The van der Waals surface area contributed by atoms with Gasteiger partial charge in [0.05, 0.1) is 0 Å². The van der Waals surface area contributed by atoms with Gasteiger partial charge in [-0.05, 0) is 103 Å². The molecular weight excluding hydrogens is 476 g/mol. The molecule has 0 nitrogen and oxygen atoms in total. The zero-order valence-electron chi connectivity index (χ0n) is 23.4. The molecule has 0 unspecified atom stereocenters. The van der Waals surface area contributed by atoms with Crippen molar-refractivity contribution in [3.63, 3.8) is 0 Å². The summed E-state index contributed by atoms with van der Waals surface area (Å²) in [6, 6.07) is 22.4. The molecule has 0 fully saturated rings. The topological polar surface area (TPSA) is 0 Å². The molecule has 0 bridgehead atoms. The smallest absolute Gasteiger partial charge is 0.0355 e. The fraction of sp³-hybridized carbons (Fsp3) is 0.189. The van der Waals surface area contributed by atoms with Gasteiger partial charge in [0.15, 0.2) is 0 Å². The second kappa shape index (κ2) is 12.2. The highest BCUT2D eigenvalue weighted by Gasteiger charge is 2.13. The van der Waals surface area contributed by atoms with Gasteiger partial charge >= 0.3 is 0 Å². The minimum atomic E-state index is 0.870. The Morgan fingerprint density at radius 3 is 2.21 bits per heavy atom. The molecule has 4 aromatic rings. The van der Waals surface area contributed by atoms with Crippen LogP contribution in [0.5, 0.6) is 0 Å². The van der Waals surface area contributed by atoms with E-state index in [2.05, 4.69) is 127 Å². The number of aryl methyl sites for hydroxylation is 1. The number of hydrogen-bond acceptors (Lipinski definition) is 1. The van der Waals surface area contributed by atoms with E-state index < -0.39 is 0 Å². The minimum Gasteiger partial charge on any atom is -0.135 e. The van der Waals surface area contributed by atoms with E-state index >= 15 is 0 Å². The van der Waals surface area contributed by atoms with Crippen LogP contribution in [0, 0.1) is 6.92 Å². The van der Waals surface area contributed by atoms with Crippen LogP contribution in [-0.2, 0) is 6.42 Å². The fourth-order valence-electron chi connectivity index (χ4n) is 5.09. The van der Waals surface area contributed by atoms with Crippen molar-refractivity contribution in [3.8, 4) is 0 Å². The van der Waals surface area contributed by atoms with Gasteiger partial charge in [-0.1, -0.05) is 98.5 Å². The van der Waals surface area contributed by atoms with Gasteiger partial charge in [0.25, 0.3) is 0 Å². The molecule has 0 spiro atoms. The van der Waals surface area contributed by atoms with E-state index in [0.717, 1.165) is 18.4 Å². The summed E-state index contributed by atoms with van der Waals surface area (Å²) < 4.78 is 2.64. The van der Waals surface area contributed by atoms with Crippen LogP contribution in [0.2, 0.25) is 0 Å². The van der Waals surface area contributed by atoms with Crippen LogP contribution in [0.4, 0.5) is 0 Å². The predicted molar refractivity (Wildman–Crippen MR) is 173 cm³/mol. The van der Waals surface area contributed by atoms with Gasteiger partial charge in [-0.3, -0.25) is 0 Å². The summed E-state index contributed by atoms with van der Waals surface area (Å²) in [4.78, 5) is 0. The van der Waals surface area contributed by atoms with E-state index in [1.54, 1.807) is 0 Å². The molecule has 0 aliphatic carbocycles. The molecule has 1 heterocycles. The Kier molecular flexibility index (Phi) is 8.81. The third kappa shape index (κ3) is 5.74. The highest BCUT2D eigenvalue weighted by molar-refractivity contribution is 7.25. The Hall–Kier alpha value is -3.68. The largest absolute Gasteiger partial charge is 0.135 e.